The lowest BCUT2D eigenvalue weighted by molar-refractivity contribution is -0.0180. The first-order valence-corrected chi connectivity index (χ1v) is 7.76. The molecule has 0 amide bonds. The van der Waals surface area contributed by atoms with Gasteiger partial charge in [0.25, 0.3) is 0 Å². The summed E-state index contributed by atoms with van der Waals surface area (Å²) in [5, 5.41) is 9.11. The number of aromatic nitrogens is 1. The molecule has 4 fully saturated rings. The normalized spacial score (nSPS) is 40.0. The minimum atomic E-state index is 0.160. The van der Waals surface area contributed by atoms with Gasteiger partial charge in [-0.1, -0.05) is 0 Å². The van der Waals surface area contributed by atoms with E-state index in [0.717, 1.165) is 35.1 Å². The van der Waals surface area contributed by atoms with Gasteiger partial charge in [-0.2, -0.15) is 0 Å². The van der Waals surface area contributed by atoms with Crippen LogP contribution in [0.15, 0.2) is 4.42 Å². The molecule has 4 aliphatic rings. The number of aryl methyl sites for hydroxylation is 1. The Morgan fingerprint density at radius 3 is 2.26 bits per heavy atom. The van der Waals surface area contributed by atoms with Crippen molar-refractivity contribution in [2.75, 3.05) is 6.61 Å². The van der Waals surface area contributed by atoms with Gasteiger partial charge in [0.15, 0.2) is 0 Å². The van der Waals surface area contributed by atoms with Gasteiger partial charge in [-0.05, 0) is 63.2 Å². The third-order valence-electron chi connectivity index (χ3n) is 5.73. The molecular formula is C16H23NO2. The molecule has 1 N–H and O–H groups in total. The Morgan fingerprint density at radius 1 is 1.16 bits per heavy atom. The van der Waals surface area contributed by atoms with Crippen LogP contribution >= 0.6 is 0 Å². The van der Waals surface area contributed by atoms with E-state index in [4.69, 9.17) is 14.5 Å². The summed E-state index contributed by atoms with van der Waals surface area (Å²) >= 11 is 0. The molecule has 3 nitrogen and oxygen atoms in total. The van der Waals surface area contributed by atoms with Gasteiger partial charge in [-0.15, -0.1) is 0 Å². The molecule has 1 aromatic heterocycles. The van der Waals surface area contributed by atoms with E-state index in [-0.39, 0.29) is 12.0 Å². The molecule has 4 bridgehead atoms. The van der Waals surface area contributed by atoms with Crippen LogP contribution in [0.2, 0.25) is 0 Å². The average Bonchev–Trinajstić information content (AvgIpc) is 2.70. The predicted octanol–water partition coefficient (Wildman–Crippen LogP) is 2.99. The summed E-state index contributed by atoms with van der Waals surface area (Å²) in [6.07, 6.45) is 8.83. The van der Waals surface area contributed by atoms with Gasteiger partial charge in [0.2, 0.25) is 5.89 Å². The number of hydrogen-bond donors (Lipinski definition) is 1. The van der Waals surface area contributed by atoms with Gasteiger partial charge < -0.3 is 9.52 Å². The second kappa shape index (κ2) is 4.08. The van der Waals surface area contributed by atoms with E-state index < -0.39 is 0 Å². The van der Waals surface area contributed by atoms with E-state index >= 15 is 0 Å². The molecule has 0 saturated heterocycles. The van der Waals surface area contributed by atoms with Crippen molar-refractivity contribution < 1.29 is 9.52 Å². The molecular weight excluding hydrogens is 238 g/mol. The zero-order valence-electron chi connectivity index (χ0n) is 11.7. The fourth-order valence-electron chi connectivity index (χ4n) is 5.37. The number of hydrogen-bond acceptors (Lipinski definition) is 3. The van der Waals surface area contributed by atoms with E-state index in [2.05, 4.69) is 0 Å². The van der Waals surface area contributed by atoms with Crippen molar-refractivity contribution in [3.8, 4) is 0 Å². The summed E-state index contributed by atoms with van der Waals surface area (Å²) in [7, 11) is 0. The van der Waals surface area contributed by atoms with E-state index in [1.165, 1.54) is 38.5 Å². The zero-order valence-corrected chi connectivity index (χ0v) is 11.7. The number of oxazole rings is 1. The Balaban J connectivity index is 1.69. The molecule has 4 aliphatic carbocycles. The lowest BCUT2D eigenvalue weighted by atomic mass is 9.49. The molecule has 0 unspecified atom stereocenters. The monoisotopic (exact) mass is 261 g/mol. The first-order chi connectivity index (χ1) is 9.18. The molecule has 0 radical (unpaired) electrons. The lowest BCUT2D eigenvalue weighted by Gasteiger charge is -2.55. The molecule has 0 spiro atoms. The van der Waals surface area contributed by atoms with Crippen LogP contribution < -0.4 is 0 Å². The third kappa shape index (κ3) is 1.78. The van der Waals surface area contributed by atoms with Gasteiger partial charge in [0.05, 0.1) is 5.69 Å². The Kier molecular flexibility index (Phi) is 2.57. The maximum atomic E-state index is 9.11. The summed E-state index contributed by atoms with van der Waals surface area (Å²) in [6.45, 7) is 2.15. The fraction of sp³-hybridized carbons (Fsp3) is 0.812. The quantitative estimate of drug-likeness (QED) is 0.910. The van der Waals surface area contributed by atoms with Gasteiger partial charge in [-0.25, -0.2) is 4.98 Å². The van der Waals surface area contributed by atoms with Gasteiger partial charge in [0.1, 0.15) is 5.76 Å². The second-order valence-corrected chi connectivity index (χ2v) is 7.19. The van der Waals surface area contributed by atoms with E-state index in [1.54, 1.807) is 0 Å². The van der Waals surface area contributed by atoms with Gasteiger partial charge in [-0.3, -0.25) is 0 Å². The molecule has 0 aromatic carbocycles. The molecule has 5 rings (SSSR count). The van der Waals surface area contributed by atoms with E-state index in [0.29, 0.717) is 6.42 Å². The summed E-state index contributed by atoms with van der Waals surface area (Å²) in [4.78, 5) is 4.76. The molecule has 3 heteroatoms. The summed E-state index contributed by atoms with van der Waals surface area (Å²) in [5.41, 5.74) is 1.21. The molecule has 0 aliphatic heterocycles. The van der Waals surface area contributed by atoms with E-state index in [1.807, 2.05) is 6.92 Å². The fourth-order valence-corrected chi connectivity index (χ4v) is 5.37. The van der Waals surface area contributed by atoms with Crippen molar-refractivity contribution in [1.82, 2.24) is 4.98 Å². The Morgan fingerprint density at radius 2 is 1.74 bits per heavy atom. The van der Waals surface area contributed by atoms with Gasteiger partial charge >= 0.3 is 0 Å². The smallest absolute Gasteiger partial charge is 0.200 e. The number of nitrogens with zero attached hydrogens (tertiary/aromatic N) is 1. The first kappa shape index (κ1) is 12.0. The number of aliphatic hydroxyl groups is 1. The highest BCUT2D eigenvalue weighted by Gasteiger charge is 2.54. The van der Waals surface area contributed by atoms with E-state index in [9.17, 15) is 0 Å². The minimum absolute atomic E-state index is 0.160. The first-order valence-electron chi connectivity index (χ1n) is 7.76. The van der Waals surface area contributed by atoms with Crippen molar-refractivity contribution in [1.29, 1.82) is 0 Å². The largest absolute Gasteiger partial charge is 0.445 e. The standard InChI is InChI=1S/C16H23NO2/c1-10-14(2-3-18)17-15(19-10)16-7-11-4-12(8-16)6-13(5-11)9-16/h11-13,18H,2-9H2,1H3. The molecule has 1 heterocycles. The van der Waals surface area contributed by atoms with Crippen molar-refractivity contribution in [3.05, 3.63) is 17.3 Å². The van der Waals surface area contributed by atoms with Crippen molar-refractivity contribution in [2.24, 2.45) is 17.8 Å². The maximum Gasteiger partial charge on any atom is 0.200 e. The van der Waals surface area contributed by atoms with Crippen LogP contribution in [0.1, 0.15) is 55.9 Å². The highest BCUT2D eigenvalue weighted by atomic mass is 16.4. The predicted molar refractivity (Wildman–Crippen MR) is 71.9 cm³/mol. The lowest BCUT2D eigenvalue weighted by Crippen LogP contribution is -2.48. The van der Waals surface area contributed by atoms with Crippen LogP contribution in [-0.2, 0) is 11.8 Å². The van der Waals surface area contributed by atoms with Gasteiger partial charge in [0, 0.05) is 18.4 Å². The molecule has 0 atom stereocenters. The Labute approximate surface area is 114 Å². The molecule has 1 aromatic rings. The van der Waals surface area contributed by atoms with Crippen LogP contribution in [0, 0.1) is 24.7 Å². The zero-order chi connectivity index (χ0) is 13.0. The maximum absolute atomic E-state index is 9.11. The third-order valence-corrected chi connectivity index (χ3v) is 5.73. The second-order valence-electron chi connectivity index (χ2n) is 7.19. The highest BCUT2D eigenvalue weighted by molar-refractivity contribution is 5.19. The SMILES string of the molecule is Cc1oc(C23CC4CC(CC(C4)C2)C3)nc1CCO. The van der Waals surface area contributed by atoms with Crippen LogP contribution in [0.25, 0.3) is 0 Å². The summed E-state index contributed by atoms with van der Waals surface area (Å²) in [5.74, 6) is 4.66. The van der Waals surface area contributed by atoms with Crippen LogP contribution in [0.4, 0.5) is 0 Å². The van der Waals surface area contributed by atoms with Crippen LogP contribution in [0.3, 0.4) is 0 Å². The summed E-state index contributed by atoms with van der Waals surface area (Å²) in [6, 6.07) is 0. The molecule has 4 saturated carbocycles. The Bertz CT molecular complexity index is 456. The molecule has 19 heavy (non-hydrogen) atoms. The number of rotatable bonds is 3. The van der Waals surface area contributed by atoms with Crippen LogP contribution in [-0.4, -0.2) is 16.7 Å². The van der Waals surface area contributed by atoms with Crippen LogP contribution in [0.5, 0.6) is 0 Å². The van der Waals surface area contributed by atoms with Crippen molar-refractivity contribution >= 4 is 0 Å². The minimum Gasteiger partial charge on any atom is -0.445 e. The summed E-state index contributed by atoms with van der Waals surface area (Å²) < 4.78 is 6.03. The Hall–Kier alpha value is -0.830. The molecule has 104 valence electrons. The highest BCUT2D eigenvalue weighted by Crippen LogP contribution is 2.60. The average molecular weight is 261 g/mol. The van der Waals surface area contributed by atoms with Crippen molar-refractivity contribution in [3.63, 3.8) is 0 Å². The topological polar surface area (TPSA) is 46.3 Å². The van der Waals surface area contributed by atoms with Crippen molar-refractivity contribution in [2.45, 2.75) is 57.3 Å². The number of aliphatic hydroxyl groups excluding tert-OH is 1.